The van der Waals surface area contributed by atoms with Gasteiger partial charge in [0.2, 0.25) is 15.8 Å². The predicted octanol–water partition coefficient (Wildman–Crippen LogP) is 2.01. The topological polar surface area (TPSA) is 97.6 Å². The summed E-state index contributed by atoms with van der Waals surface area (Å²) in [5.74, 6) is -1.50. The second kappa shape index (κ2) is 5.97. The van der Waals surface area contributed by atoms with Crippen molar-refractivity contribution in [3.05, 3.63) is 39.7 Å². The van der Waals surface area contributed by atoms with E-state index in [2.05, 4.69) is 0 Å². The summed E-state index contributed by atoms with van der Waals surface area (Å²) >= 11 is 0. The van der Waals surface area contributed by atoms with E-state index in [1.807, 2.05) is 0 Å². The van der Waals surface area contributed by atoms with Gasteiger partial charge in [0.1, 0.15) is 5.78 Å². The molecule has 1 aliphatic rings. The van der Waals surface area contributed by atoms with E-state index in [4.69, 9.17) is 0 Å². The minimum atomic E-state index is -3.79. The lowest BCUT2D eigenvalue weighted by Crippen LogP contribution is -2.53. The molecule has 0 atom stereocenters. The largest absolute Gasteiger partial charge is 0.305 e. The van der Waals surface area contributed by atoms with E-state index >= 15 is 0 Å². The first-order valence-corrected chi connectivity index (χ1v) is 8.59. The van der Waals surface area contributed by atoms with Gasteiger partial charge < -0.3 is 0 Å². The van der Waals surface area contributed by atoms with Gasteiger partial charge in [0, 0.05) is 31.0 Å². The molecule has 0 radical (unpaired) electrons. The molecular weight excluding hydrogens is 327 g/mol. The Kier molecular flexibility index (Phi) is 4.54. The van der Waals surface area contributed by atoms with E-state index in [0.717, 1.165) is 12.1 Å². The van der Waals surface area contributed by atoms with E-state index in [1.54, 1.807) is 13.8 Å². The summed E-state index contributed by atoms with van der Waals surface area (Å²) in [6, 6.07) is 3.02. The normalized spacial score (nSPS) is 18.8. The highest BCUT2D eigenvalue weighted by atomic mass is 32.2. The Morgan fingerprint density at radius 1 is 1.39 bits per heavy atom. The summed E-state index contributed by atoms with van der Waals surface area (Å²) in [6.45, 7) is 3.40. The number of hydrogen-bond donors (Lipinski definition) is 0. The van der Waals surface area contributed by atoms with Gasteiger partial charge in [-0.25, -0.2) is 8.42 Å². The number of nitro groups is 1. The number of nitrogens with zero attached hydrogens (tertiary/aromatic N) is 2. The van der Waals surface area contributed by atoms with Crippen molar-refractivity contribution < 1.29 is 22.5 Å². The van der Waals surface area contributed by atoms with E-state index < -0.39 is 37.7 Å². The Morgan fingerprint density at radius 2 is 2.04 bits per heavy atom. The van der Waals surface area contributed by atoms with Gasteiger partial charge in [-0.1, -0.05) is 6.07 Å². The fourth-order valence-electron chi connectivity index (χ4n) is 2.78. The van der Waals surface area contributed by atoms with Crippen LogP contribution in [-0.4, -0.2) is 35.5 Å². The molecule has 0 N–H and O–H groups in total. The van der Waals surface area contributed by atoms with Crippen molar-refractivity contribution in [1.82, 2.24) is 4.31 Å². The van der Waals surface area contributed by atoms with Crippen LogP contribution in [0.1, 0.15) is 32.3 Å². The van der Waals surface area contributed by atoms with Gasteiger partial charge in [-0.15, -0.1) is 0 Å². The number of rotatable bonds is 4. The molecule has 7 nitrogen and oxygen atoms in total. The molecular formula is C14H17FN2O5S. The standard InChI is InChI=1S/C14H17FN2O5S/c1-14(2)8-11(18)5-6-16(14)23(21,22)9-10-3-4-12(15)13(7-10)17(19)20/h3-4,7H,5-6,8-9H2,1-2H3. The molecule has 1 saturated heterocycles. The maximum atomic E-state index is 13.3. The predicted molar refractivity (Wildman–Crippen MR) is 80.7 cm³/mol. The third-order valence-corrected chi connectivity index (χ3v) is 5.84. The monoisotopic (exact) mass is 344 g/mol. The van der Waals surface area contributed by atoms with Crippen molar-refractivity contribution in [2.24, 2.45) is 0 Å². The molecule has 1 fully saturated rings. The van der Waals surface area contributed by atoms with E-state index in [0.29, 0.717) is 0 Å². The van der Waals surface area contributed by atoms with Crippen LogP contribution in [-0.2, 0) is 20.6 Å². The number of piperidine rings is 1. The van der Waals surface area contributed by atoms with Crippen molar-refractivity contribution in [3.63, 3.8) is 0 Å². The molecule has 1 aliphatic heterocycles. The number of ketones is 1. The van der Waals surface area contributed by atoms with E-state index in [1.165, 1.54) is 10.4 Å². The molecule has 2 rings (SSSR count). The highest BCUT2D eigenvalue weighted by Gasteiger charge is 2.41. The molecule has 1 heterocycles. The van der Waals surface area contributed by atoms with Gasteiger partial charge in [0.05, 0.1) is 10.7 Å². The van der Waals surface area contributed by atoms with E-state index in [-0.39, 0.29) is 30.7 Å². The van der Waals surface area contributed by atoms with Crippen molar-refractivity contribution in [3.8, 4) is 0 Å². The molecule has 0 bridgehead atoms. The Bertz CT molecular complexity index is 760. The first-order valence-electron chi connectivity index (χ1n) is 6.98. The molecule has 0 unspecified atom stereocenters. The molecule has 0 amide bonds. The van der Waals surface area contributed by atoms with Gasteiger partial charge >= 0.3 is 5.69 Å². The van der Waals surface area contributed by atoms with Crippen LogP contribution < -0.4 is 0 Å². The number of carbonyl (C=O) groups is 1. The SMILES string of the molecule is CC1(C)CC(=O)CCN1S(=O)(=O)Cc1ccc(F)c([N+](=O)[O-])c1. The Labute approximate surface area is 133 Å². The summed E-state index contributed by atoms with van der Waals surface area (Å²) in [4.78, 5) is 21.4. The minimum Gasteiger partial charge on any atom is -0.300 e. The smallest absolute Gasteiger partial charge is 0.300 e. The molecule has 0 saturated carbocycles. The summed E-state index contributed by atoms with van der Waals surface area (Å²) in [5.41, 5.74) is -1.48. The minimum absolute atomic E-state index is 0.00105. The Hall–Kier alpha value is -1.87. The van der Waals surface area contributed by atoms with E-state index in [9.17, 15) is 27.7 Å². The molecule has 23 heavy (non-hydrogen) atoms. The number of Topliss-reactive ketones (excluding diaryl/α,β-unsaturated/α-hetero) is 1. The first-order chi connectivity index (χ1) is 10.5. The number of halogens is 1. The third-order valence-electron chi connectivity index (χ3n) is 3.79. The average Bonchev–Trinajstić information content (AvgIpc) is 2.38. The molecule has 0 spiro atoms. The lowest BCUT2D eigenvalue weighted by atomic mass is 9.92. The van der Waals surface area contributed by atoms with Crippen LogP contribution in [0.25, 0.3) is 0 Å². The Morgan fingerprint density at radius 3 is 2.61 bits per heavy atom. The maximum absolute atomic E-state index is 13.3. The molecule has 0 aromatic heterocycles. The third kappa shape index (κ3) is 3.73. The van der Waals surface area contributed by atoms with Gasteiger partial charge in [-0.05, 0) is 25.5 Å². The van der Waals surface area contributed by atoms with Crippen LogP contribution in [0.2, 0.25) is 0 Å². The van der Waals surface area contributed by atoms with Crippen molar-refractivity contribution in [2.75, 3.05) is 6.54 Å². The number of benzene rings is 1. The summed E-state index contributed by atoms with van der Waals surface area (Å²) < 4.78 is 39.8. The zero-order chi connectivity index (χ0) is 17.4. The fraction of sp³-hybridized carbons (Fsp3) is 0.500. The van der Waals surface area contributed by atoms with Gasteiger partial charge in [-0.2, -0.15) is 8.70 Å². The molecule has 1 aromatic carbocycles. The van der Waals surface area contributed by atoms with Crippen molar-refractivity contribution in [2.45, 2.75) is 38.0 Å². The van der Waals surface area contributed by atoms with Crippen molar-refractivity contribution in [1.29, 1.82) is 0 Å². The summed E-state index contributed by atoms with van der Waals surface area (Å²) in [5, 5.41) is 10.7. The van der Waals surface area contributed by atoms with Crippen LogP contribution in [0.3, 0.4) is 0 Å². The summed E-state index contributed by atoms with van der Waals surface area (Å²) in [7, 11) is -3.79. The molecule has 1 aromatic rings. The Balaban J connectivity index is 2.30. The van der Waals surface area contributed by atoms with Gasteiger partial charge in [0.25, 0.3) is 0 Å². The van der Waals surface area contributed by atoms with Crippen LogP contribution in [0, 0.1) is 15.9 Å². The van der Waals surface area contributed by atoms with Crippen LogP contribution in [0.5, 0.6) is 0 Å². The maximum Gasteiger partial charge on any atom is 0.305 e. The lowest BCUT2D eigenvalue weighted by molar-refractivity contribution is -0.387. The zero-order valence-electron chi connectivity index (χ0n) is 12.8. The zero-order valence-corrected chi connectivity index (χ0v) is 13.6. The lowest BCUT2D eigenvalue weighted by Gasteiger charge is -2.40. The highest BCUT2D eigenvalue weighted by Crippen LogP contribution is 2.30. The quantitative estimate of drug-likeness (QED) is 0.615. The second-order valence-corrected chi connectivity index (χ2v) is 8.04. The van der Waals surface area contributed by atoms with Crippen molar-refractivity contribution >= 4 is 21.5 Å². The summed E-state index contributed by atoms with van der Waals surface area (Å²) in [6.07, 6.45) is 0.266. The highest BCUT2D eigenvalue weighted by molar-refractivity contribution is 7.88. The average molecular weight is 344 g/mol. The number of carbonyl (C=O) groups excluding carboxylic acids is 1. The number of hydrogen-bond acceptors (Lipinski definition) is 5. The molecule has 0 aliphatic carbocycles. The van der Waals surface area contributed by atoms with Gasteiger partial charge in [-0.3, -0.25) is 14.9 Å². The number of nitro benzene ring substituents is 1. The van der Waals surface area contributed by atoms with Crippen LogP contribution in [0.15, 0.2) is 18.2 Å². The fourth-order valence-corrected chi connectivity index (χ4v) is 4.72. The molecule has 126 valence electrons. The second-order valence-electron chi connectivity index (χ2n) is 6.15. The van der Waals surface area contributed by atoms with Crippen LogP contribution in [0.4, 0.5) is 10.1 Å². The van der Waals surface area contributed by atoms with Gasteiger partial charge in [0.15, 0.2) is 0 Å². The van der Waals surface area contributed by atoms with Crippen LogP contribution >= 0.6 is 0 Å². The molecule has 9 heteroatoms. The number of sulfonamides is 1. The first kappa shape index (κ1) is 17.5.